The summed E-state index contributed by atoms with van der Waals surface area (Å²) < 4.78 is 0. The Balaban J connectivity index is -0.000000125. The van der Waals surface area contributed by atoms with Crippen molar-refractivity contribution in [1.82, 2.24) is 0 Å². The molecular weight excluding hydrogens is 230 g/mol. The molecule has 0 aliphatic heterocycles. The third-order valence-electron chi connectivity index (χ3n) is 0.496. The third kappa shape index (κ3) is 15.7. The van der Waals surface area contributed by atoms with E-state index in [2.05, 4.69) is 0 Å². The predicted molar refractivity (Wildman–Crippen MR) is 24.1 cm³/mol. The molecule has 0 rings (SSSR count). The van der Waals surface area contributed by atoms with E-state index < -0.39 is 0 Å². The van der Waals surface area contributed by atoms with Crippen molar-refractivity contribution in [2.45, 2.75) is 19.8 Å². The summed E-state index contributed by atoms with van der Waals surface area (Å²) >= 11 is 0. The van der Waals surface area contributed by atoms with Crippen LogP contribution in [0, 0.1) is 0 Å². The van der Waals surface area contributed by atoms with Gasteiger partial charge in [-0.2, -0.15) is 0 Å². The van der Waals surface area contributed by atoms with Gasteiger partial charge in [-0.3, -0.25) is 4.79 Å². The number of halogens is 1. The molecule has 2 N–H and O–H groups in total. The van der Waals surface area contributed by atoms with Gasteiger partial charge >= 0.3 is 68.9 Å². The normalized spacial score (nSPS) is 6.12. The van der Waals surface area contributed by atoms with Crippen LogP contribution in [0.15, 0.2) is 0 Å². The predicted octanol–water partition coefficient (Wildman–Crippen LogP) is -5.72. The minimum atomic E-state index is -0.211. The summed E-state index contributed by atoms with van der Waals surface area (Å²) in [5.41, 5.74) is 4.76. The number of amides is 1. The van der Waals surface area contributed by atoms with Gasteiger partial charge in [0.15, 0.2) is 0 Å². The number of hydrogen-bond donors (Lipinski definition) is 1. The van der Waals surface area contributed by atoms with Crippen molar-refractivity contribution in [1.29, 1.82) is 0 Å². The first-order chi connectivity index (χ1) is 2.77. The van der Waals surface area contributed by atoms with Crippen LogP contribution in [0.25, 0.3) is 0 Å². The van der Waals surface area contributed by atoms with Gasteiger partial charge in [0.2, 0.25) is 5.91 Å². The Morgan fingerprint density at radius 2 is 2.00 bits per heavy atom. The minimum absolute atomic E-state index is 0. The van der Waals surface area contributed by atoms with Gasteiger partial charge in [0.05, 0.1) is 0 Å². The molecule has 0 aromatic heterocycles. The van der Waals surface area contributed by atoms with Gasteiger partial charge in [0, 0.05) is 6.42 Å². The molecule has 0 aliphatic rings. The van der Waals surface area contributed by atoms with Crippen LogP contribution in [0.2, 0.25) is 0 Å². The molecule has 0 heterocycles. The van der Waals surface area contributed by atoms with Crippen LogP contribution in [0.3, 0.4) is 0 Å². The Morgan fingerprint density at radius 1 is 1.62 bits per heavy atom. The third-order valence-corrected chi connectivity index (χ3v) is 0.496. The van der Waals surface area contributed by atoms with E-state index in [4.69, 9.17) is 5.73 Å². The van der Waals surface area contributed by atoms with E-state index in [1.165, 1.54) is 0 Å². The molecule has 0 bridgehead atoms. The molecule has 0 saturated carbocycles. The Bertz CT molecular complexity index is 60.0. The van der Waals surface area contributed by atoms with Crippen molar-refractivity contribution in [2.24, 2.45) is 5.73 Å². The first-order valence-electron chi connectivity index (χ1n) is 2.05. The van der Waals surface area contributed by atoms with Gasteiger partial charge < -0.3 is 10.4 Å². The maximum atomic E-state index is 9.82. The monoisotopic (exact) mass is 239 g/mol. The molecule has 0 atom stereocenters. The molecule has 4 heteroatoms. The smallest absolute Gasteiger partial charge is 1.00 e. The van der Waals surface area contributed by atoms with Gasteiger partial charge in [0.25, 0.3) is 0 Å². The van der Waals surface area contributed by atoms with Crippen LogP contribution in [0.1, 0.15) is 19.8 Å². The zero-order chi connectivity index (χ0) is 4.99. The standard InChI is InChI=1S/C4H9NO.Cs.FH/c1-2-3-4(5)6;;/h2-3H2,1H3,(H2,5,6);;1H/q;+1;/p-1. The number of rotatable bonds is 2. The van der Waals surface area contributed by atoms with E-state index in [-0.39, 0.29) is 79.5 Å². The first-order valence-corrected chi connectivity index (χ1v) is 2.05. The molecule has 0 unspecified atom stereocenters. The second-order valence-electron chi connectivity index (χ2n) is 1.22. The Hall–Kier alpha value is 1.45. The van der Waals surface area contributed by atoms with E-state index in [1.807, 2.05) is 6.92 Å². The van der Waals surface area contributed by atoms with Crippen LogP contribution in [-0.2, 0) is 4.79 Å². The number of nitrogens with two attached hydrogens (primary N) is 1. The number of hydrogen-bond acceptors (Lipinski definition) is 1. The molecule has 2 nitrogen and oxygen atoms in total. The summed E-state index contributed by atoms with van der Waals surface area (Å²) in [7, 11) is 0. The average molecular weight is 239 g/mol. The zero-order valence-corrected chi connectivity index (χ0v) is 11.6. The van der Waals surface area contributed by atoms with Crippen LogP contribution in [0.4, 0.5) is 0 Å². The molecule has 8 heavy (non-hydrogen) atoms. The van der Waals surface area contributed by atoms with Crippen molar-refractivity contribution >= 4 is 5.91 Å². The average Bonchev–Trinajstić information content (AvgIpc) is 1.35. The van der Waals surface area contributed by atoms with Crippen LogP contribution in [0.5, 0.6) is 0 Å². The Morgan fingerprint density at radius 3 is 2.00 bits per heavy atom. The van der Waals surface area contributed by atoms with Crippen molar-refractivity contribution < 1.29 is 78.4 Å². The minimum Gasteiger partial charge on any atom is -1.00 e. The van der Waals surface area contributed by atoms with Crippen molar-refractivity contribution in [3.63, 3.8) is 0 Å². The molecule has 1 amide bonds. The SMILES string of the molecule is CCCC(N)=O.[Cs+].[F-]. The summed E-state index contributed by atoms with van der Waals surface area (Å²) in [6.45, 7) is 1.92. The van der Waals surface area contributed by atoms with Gasteiger partial charge in [0.1, 0.15) is 0 Å². The maximum absolute atomic E-state index is 9.82. The van der Waals surface area contributed by atoms with Crippen LogP contribution in [-0.4, -0.2) is 5.91 Å². The van der Waals surface area contributed by atoms with Crippen molar-refractivity contribution in [3.8, 4) is 0 Å². The molecule has 0 radical (unpaired) electrons. The largest absolute Gasteiger partial charge is 1.00 e. The van der Waals surface area contributed by atoms with E-state index >= 15 is 0 Å². The zero-order valence-electron chi connectivity index (χ0n) is 5.28. The molecule has 0 aromatic rings. The molecule has 0 aliphatic carbocycles. The first kappa shape index (κ1) is 16.2. The maximum Gasteiger partial charge on any atom is 1.00 e. The van der Waals surface area contributed by atoms with Gasteiger partial charge in [-0.1, -0.05) is 6.92 Å². The fourth-order valence-electron chi connectivity index (χ4n) is 0.246. The number of carbonyl (C=O) groups is 1. The molecule has 0 aromatic carbocycles. The summed E-state index contributed by atoms with van der Waals surface area (Å²) in [5.74, 6) is -0.211. The molecule has 0 spiro atoms. The Labute approximate surface area is 107 Å². The van der Waals surface area contributed by atoms with Gasteiger partial charge in [-0.05, 0) is 6.42 Å². The number of primary amides is 1. The van der Waals surface area contributed by atoms with E-state index in [0.29, 0.717) is 6.42 Å². The van der Waals surface area contributed by atoms with Gasteiger partial charge in [-0.15, -0.1) is 0 Å². The van der Waals surface area contributed by atoms with Gasteiger partial charge in [-0.25, -0.2) is 0 Å². The molecular formula is C4H9CsFNO. The summed E-state index contributed by atoms with van der Waals surface area (Å²) in [6, 6.07) is 0. The van der Waals surface area contributed by atoms with E-state index in [1.54, 1.807) is 0 Å². The molecule has 0 saturated heterocycles. The molecule has 44 valence electrons. The molecule has 0 fully saturated rings. The van der Waals surface area contributed by atoms with E-state index in [0.717, 1.165) is 6.42 Å². The van der Waals surface area contributed by atoms with E-state index in [9.17, 15) is 4.79 Å². The van der Waals surface area contributed by atoms with Crippen molar-refractivity contribution in [3.05, 3.63) is 0 Å². The second kappa shape index (κ2) is 11.3. The fraction of sp³-hybridized carbons (Fsp3) is 0.750. The number of carbonyl (C=O) groups excluding carboxylic acids is 1. The van der Waals surface area contributed by atoms with Crippen LogP contribution < -0.4 is 79.3 Å². The second-order valence-corrected chi connectivity index (χ2v) is 1.22. The van der Waals surface area contributed by atoms with Crippen LogP contribution >= 0.6 is 0 Å². The fourth-order valence-corrected chi connectivity index (χ4v) is 0.246. The van der Waals surface area contributed by atoms with Crippen molar-refractivity contribution in [2.75, 3.05) is 0 Å². The summed E-state index contributed by atoms with van der Waals surface area (Å²) in [4.78, 5) is 9.82. The Kier molecular flexibility index (Phi) is 22.9. The topological polar surface area (TPSA) is 43.1 Å². The summed E-state index contributed by atoms with van der Waals surface area (Å²) in [5, 5.41) is 0. The summed E-state index contributed by atoms with van der Waals surface area (Å²) in [6.07, 6.45) is 1.37. The quantitative estimate of drug-likeness (QED) is 0.512.